The van der Waals surface area contributed by atoms with Crippen LogP contribution in [-0.2, 0) is 42.7 Å². The molecule has 1 aliphatic rings. The summed E-state index contributed by atoms with van der Waals surface area (Å²) in [7, 11) is 0. The van der Waals surface area contributed by atoms with Crippen LogP contribution < -0.4 is 14.5 Å². The molecule has 0 N–H and O–H groups in total. The van der Waals surface area contributed by atoms with Crippen molar-refractivity contribution in [2.75, 3.05) is 9.80 Å². The number of hydrogen-bond acceptors (Lipinski definition) is 4. The van der Waals surface area contributed by atoms with E-state index in [0.29, 0.717) is 11.5 Å². The first-order valence-electron chi connectivity index (χ1n) is 22.2. The van der Waals surface area contributed by atoms with Gasteiger partial charge in [0.05, 0.1) is 0 Å². The normalized spacial score (nSPS) is 13.4. The van der Waals surface area contributed by atoms with Crippen molar-refractivity contribution in [1.29, 1.82) is 0 Å². The standard InChI is InChI=1S/C58H59N4O.Pt/c1-55(2,3)40-21-25-50-49(32-40)48-24-23-47(36-52(48)62(50)54-34-42(27-28-59-54)57(7,8)9)63-46-20-16-19-44(35-46)60-37-61(51-26-22-41(33-53(51)60)56(4,5)6)45-30-39(38-17-14-13-15-18-38)29-43(31-45)58(10,11)12;/h13-34,37H,1-12H3;/q-3;. The monoisotopic (exact) mass is 1020 g/mol. The van der Waals surface area contributed by atoms with Gasteiger partial charge in [-0.15, -0.1) is 48.1 Å². The molecule has 0 saturated carbocycles. The minimum Gasteiger partial charge on any atom is -0.509 e. The molecule has 64 heavy (non-hydrogen) atoms. The van der Waals surface area contributed by atoms with E-state index in [2.05, 4.69) is 225 Å². The first kappa shape index (κ1) is 44.9. The van der Waals surface area contributed by atoms with Gasteiger partial charge >= 0.3 is 0 Å². The van der Waals surface area contributed by atoms with E-state index in [-0.39, 0.29) is 42.7 Å². The molecule has 6 aromatic carbocycles. The molecule has 0 atom stereocenters. The van der Waals surface area contributed by atoms with Gasteiger partial charge in [0.15, 0.2) is 0 Å². The van der Waals surface area contributed by atoms with Gasteiger partial charge in [0.1, 0.15) is 5.82 Å². The molecule has 0 unspecified atom stereocenters. The SMILES string of the molecule is CC(C)(C)c1cc(-c2ccccc2)cc(N2[CH-]N(c3[c-]c(Oc4[c-]c5c(cc4)c4cc(C(C)(C)C)ccc4n5-c4cc(C(C)(C)C)ccn4)ccc3)c3cc(C(C)(C)C)ccc32)c1.[Pt]. The Balaban J connectivity index is 0.00000560. The number of nitrogens with zero attached hydrogens (tertiary/aromatic N) is 4. The molecule has 3 heterocycles. The summed E-state index contributed by atoms with van der Waals surface area (Å²) in [6.07, 6.45) is 1.92. The maximum Gasteiger partial charge on any atom is 0.135 e. The van der Waals surface area contributed by atoms with E-state index in [0.717, 1.165) is 45.0 Å². The molecule has 0 radical (unpaired) electrons. The van der Waals surface area contributed by atoms with E-state index in [1.807, 2.05) is 24.4 Å². The molecule has 0 fully saturated rings. The summed E-state index contributed by atoms with van der Waals surface area (Å²) in [6, 6.07) is 53.3. The molecule has 6 heteroatoms. The number of pyridine rings is 1. The number of benzene rings is 6. The summed E-state index contributed by atoms with van der Waals surface area (Å²) in [6.45, 7) is 29.3. The number of aromatic nitrogens is 2. The van der Waals surface area contributed by atoms with Crippen molar-refractivity contribution < 1.29 is 25.8 Å². The Kier molecular flexibility index (Phi) is 11.5. The number of hydrogen-bond donors (Lipinski definition) is 0. The van der Waals surface area contributed by atoms with Gasteiger partial charge in [0.2, 0.25) is 0 Å². The molecular formula is C58H59N4OPt-3. The Hall–Kier alpha value is -5.64. The Morgan fingerprint density at radius 1 is 0.500 bits per heavy atom. The minimum atomic E-state index is -0.0476. The van der Waals surface area contributed by atoms with Gasteiger partial charge in [-0.1, -0.05) is 143 Å². The van der Waals surface area contributed by atoms with Gasteiger partial charge in [-0.25, -0.2) is 4.98 Å². The first-order valence-corrected chi connectivity index (χ1v) is 22.2. The van der Waals surface area contributed by atoms with Crippen LogP contribution in [0, 0.1) is 18.8 Å². The van der Waals surface area contributed by atoms with Crippen molar-refractivity contribution in [3.8, 4) is 28.4 Å². The van der Waals surface area contributed by atoms with Crippen molar-refractivity contribution in [2.24, 2.45) is 0 Å². The van der Waals surface area contributed by atoms with Gasteiger partial charge in [-0.3, -0.25) is 0 Å². The van der Waals surface area contributed by atoms with Crippen molar-refractivity contribution in [1.82, 2.24) is 9.55 Å². The van der Waals surface area contributed by atoms with Crippen LogP contribution in [0.3, 0.4) is 0 Å². The zero-order valence-corrected chi connectivity index (χ0v) is 41.6. The fourth-order valence-electron chi connectivity index (χ4n) is 8.46. The van der Waals surface area contributed by atoms with Gasteiger partial charge in [-0.05, 0) is 103 Å². The van der Waals surface area contributed by atoms with E-state index >= 15 is 0 Å². The first-order chi connectivity index (χ1) is 29.7. The second-order valence-electron chi connectivity index (χ2n) is 21.3. The summed E-state index contributed by atoms with van der Waals surface area (Å²) in [5.41, 5.74) is 13.5. The Labute approximate surface area is 395 Å². The van der Waals surface area contributed by atoms with Crippen LogP contribution in [0.4, 0.5) is 22.7 Å². The topological polar surface area (TPSA) is 33.5 Å². The number of anilines is 4. The zero-order valence-electron chi connectivity index (χ0n) is 39.3. The van der Waals surface area contributed by atoms with Gasteiger partial charge in [0, 0.05) is 61.3 Å². The fourth-order valence-corrected chi connectivity index (χ4v) is 8.46. The fraction of sp³-hybridized carbons (Fsp3) is 0.276. The summed E-state index contributed by atoms with van der Waals surface area (Å²) in [5.74, 6) is 2.08. The van der Waals surface area contributed by atoms with E-state index in [1.54, 1.807) is 0 Å². The molecule has 0 aliphatic carbocycles. The van der Waals surface area contributed by atoms with E-state index in [1.165, 1.54) is 38.8 Å². The van der Waals surface area contributed by atoms with E-state index in [9.17, 15) is 0 Å². The molecule has 1 aliphatic heterocycles. The second-order valence-corrected chi connectivity index (χ2v) is 21.3. The summed E-state index contributed by atoms with van der Waals surface area (Å²) >= 11 is 0. The zero-order chi connectivity index (χ0) is 44.6. The van der Waals surface area contributed by atoms with Crippen LogP contribution in [0.2, 0.25) is 0 Å². The summed E-state index contributed by atoms with van der Waals surface area (Å²) in [5, 5.41) is 2.27. The summed E-state index contributed by atoms with van der Waals surface area (Å²) < 4.78 is 8.96. The van der Waals surface area contributed by atoms with Gasteiger partial charge < -0.3 is 19.1 Å². The average molecular weight is 1020 g/mol. The maximum atomic E-state index is 6.73. The predicted octanol–water partition coefficient (Wildman–Crippen LogP) is 15.8. The van der Waals surface area contributed by atoms with Gasteiger partial charge in [0.25, 0.3) is 0 Å². The predicted molar refractivity (Wildman–Crippen MR) is 264 cm³/mol. The van der Waals surface area contributed by atoms with E-state index in [4.69, 9.17) is 9.72 Å². The molecule has 2 aromatic heterocycles. The molecule has 5 nitrogen and oxygen atoms in total. The van der Waals surface area contributed by atoms with Crippen LogP contribution in [0.15, 0.2) is 134 Å². The molecule has 0 amide bonds. The van der Waals surface area contributed by atoms with Crippen LogP contribution in [0.5, 0.6) is 11.5 Å². The minimum absolute atomic E-state index is 0. The Morgan fingerprint density at radius 2 is 1.16 bits per heavy atom. The second kappa shape index (κ2) is 16.4. The van der Waals surface area contributed by atoms with Crippen molar-refractivity contribution in [2.45, 2.75) is 105 Å². The third-order valence-electron chi connectivity index (χ3n) is 12.3. The number of rotatable bonds is 6. The molecule has 330 valence electrons. The molecule has 0 saturated heterocycles. The number of fused-ring (bicyclic) bond motifs is 4. The Bertz CT molecular complexity index is 3010. The Morgan fingerprint density at radius 3 is 1.86 bits per heavy atom. The van der Waals surface area contributed by atoms with Crippen LogP contribution in [0.25, 0.3) is 38.8 Å². The maximum absolute atomic E-state index is 6.73. The molecule has 8 aromatic rings. The third kappa shape index (κ3) is 8.64. The van der Waals surface area contributed by atoms with Crippen molar-refractivity contribution >= 4 is 44.6 Å². The molecule has 0 spiro atoms. The van der Waals surface area contributed by atoms with Crippen LogP contribution in [-0.4, -0.2) is 9.55 Å². The van der Waals surface area contributed by atoms with E-state index < -0.39 is 0 Å². The largest absolute Gasteiger partial charge is 0.509 e. The van der Waals surface area contributed by atoms with Crippen LogP contribution >= 0.6 is 0 Å². The van der Waals surface area contributed by atoms with Crippen molar-refractivity contribution in [3.63, 3.8) is 0 Å². The van der Waals surface area contributed by atoms with Gasteiger partial charge in [-0.2, -0.15) is 12.1 Å². The molecule has 9 rings (SSSR count). The third-order valence-corrected chi connectivity index (χ3v) is 12.3. The number of ether oxygens (including phenoxy) is 1. The smallest absolute Gasteiger partial charge is 0.135 e. The quantitative estimate of drug-likeness (QED) is 0.155. The average Bonchev–Trinajstić information content (AvgIpc) is 3.78. The molecular weight excluding hydrogens is 964 g/mol. The van der Waals surface area contributed by atoms with Crippen LogP contribution in [0.1, 0.15) is 105 Å². The van der Waals surface area contributed by atoms with Crippen molar-refractivity contribution in [3.05, 3.63) is 175 Å². The summed E-state index contributed by atoms with van der Waals surface area (Å²) in [4.78, 5) is 9.49. The molecule has 0 bridgehead atoms.